The Morgan fingerprint density at radius 2 is 2.03 bits per heavy atom. The zero-order valence-electron chi connectivity index (χ0n) is 18.9. The van der Waals surface area contributed by atoms with Crippen molar-refractivity contribution in [1.29, 1.82) is 0 Å². The van der Waals surface area contributed by atoms with Crippen LogP contribution in [0.5, 0.6) is 0 Å². The number of nitrogens with zero attached hydrogens (tertiary/aromatic N) is 6. The molecular formula is C23H20F3N7O2S. The minimum Gasteiger partial charge on any atom is -0.375 e. The van der Waals surface area contributed by atoms with E-state index in [1.165, 1.54) is 34.7 Å². The van der Waals surface area contributed by atoms with Gasteiger partial charge in [-0.2, -0.15) is 18.3 Å². The Morgan fingerprint density at radius 3 is 2.78 bits per heavy atom. The minimum atomic E-state index is -4.37. The van der Waals surface area contributed by atoms with Crippen LogP contribution >= 0.6 is 11.3 Å². The molecule has 0 radical (unpaired) electrons. The molecule has 1 fully saturated rings. The second-order valence-electron chi connectivity index (χ2n) is 8.36. The van der Waals surface area contributed by atoms with Gasteiger partial charge < -0.3 is 15.3 Å². The molecule has 1 aliphatic heterocycles. The lowest BCUT2D eigenvalue weighted by Gasteiger charge is -2.21. The molecular weight excluding hydrogens is 495 g/mol. The van der Waals surface area contributed by atoms with Gasteiger partial charge in [-0.1, -0.05) is 18.2 Å². The van der Waals surface area contributed by atoms with E-state index in [2.05, 4.69) is 25.4 Å². The van der Waals surface area contributed by atoms with Gasteiger partial charge in [0, 0.05) is 49.4 Å². The smallest absolute Gasteiger partial charge is 0.375 e. The van der Waals surface area contributed by atoms with Crippen LogP contribution in [0.3, 0.4) is 0 Å². The van der Waals surface area contributed by atoms with Gasteiger partial charge in [0.25, 0.3) is 5.91 Å². The van der Waals surface area contributed by atoms with Crippen molar-refractivity contribution in [3.8, 4) is 22.0 Å². The quantitative estimate of drug-likeness (QED) is 0.402. The lowest BCUT2D eigenvalue weighted by Crippen LogP contribution is -2.36. The maximum Gasteiger partial charge on any atom is 0.408 e. The number of anilines is 2. The van der Waals surface area contributed by atoms with Gasteiger partial charge in [0.2, 0.25) is 5.95 Å². The number of thiazole rings is 1. The van der Waals surface area contributed by atoms with Crippen LogP contribution in [0.1, 0.15) is 12.0 Å². The SMILES string of the molecule is CN1CC[C@@](O)(c2cccc(-c3nc(-c4ccnc(Nc5ccn(CC(F)(F)F)n5)n4)cs3)c2)C1=O. The summed E-state index contributed by atoms with van der Waals surface area (Å²) < 4.78 is 38.4. The molecule has 2 N–H and O–H groups in total. The number of carbonyl (C=O) groups is 1. The average Bonchev–Trinajstić information content (AvgIpc) is 3.56. The molecule has 1 amide bonds. The van der Waals surface area contributed by atoms with Crippen molar-refractivity contribution < 1.29 is 23.1 Å². The predicted molar refractivity (Wildman–Crippen MR) is 126 cm³/mol. The molecule has 1 atom stereocenters. The summed E-state index contributed by atoms with van der Waals surface area (Å²) in [5, 5.41) is 20.1. The van der Waals surface area contributed by atoms with Crippen LogP contribution in [0.25, 0.3) is 22.0 Å². The predicted octanol–water partition coefficient (Wildman–Crippen LogP) is 3.82. The van der Waals surface area contributed by atoms with Crippen LogP contribution in [0, 0.1) is 0 Å². The van der Waals surface area contributed by atoms with Gasteiger partial charge in [-0.05, 0) is 17.7 Å². The molecule has 0 bridgehead atoms. The summed E-state index contributed by atoms with van der Waals surface area (Å²) in [6, 6.07) is 10.2. The average molecular weight is 516 g/mol. The minimum absolute atomic E-state index is 0.160. The van der Waals surface area contributed by atoms with E-state index in [0.717, 1.165) is 10.2 Å². The van der Waals surface area contributed by atoms with E-state index in [-0.39, 0.29) is 17.7 Å². The van der Waals surface area contributed by atoms with Crippen LogP contribution in [-0.4, -0.2) is 60.4 Å². The molecule has 186 valence electrons. The molecule has 13 heteroatoms. The Hall–Kier alpha value is -3.84. The molecule has 36 heavy (non-hydrogen) atoms. The number of nitrogens with one attached hydrogen (secondary N) is 1. The lowest BCUT2D eigenvalue weighted by atomic mass is 9.91. The maximum absolute atomic E-state index is 12.6. The summed E-state index contributed by atoms with van der Waals surface area (Å²) in [6.45, 7) is -0.714. The van der Waals surface area contributed by atoms with Gasteiger partial charge in [0.05, 0.1) is 5.69 Å². The first-order chi connectivity index (χ1) is 17.1. The summed E-state index contributed by atoms with van der Waals surface area (Å²) in [5.41, 5.74) is 0.799. The van der Waals surface area contributed by atoms with Crippen molar-refractivity contribution >= 4 is 29.0 Å². The molecule has 0 unspecified atom stereocenters. The van der Waals surface area contributed by atoms with Crippen LogP contribution in [0.4, 0.5) is 24.9 Å². The normalized spacial score (nSPS) is 18.1. The zero-order valence-corrected chi connectivity index (χ0v) is 19.7. The Labute approximate surface area is 207 Å². The fourth-order valence-electron chi connectivity index (χ4n) is 3.93. The Balaban J connectivity index is 1.35. The van der Waals surface area contributed by atoms with E-state index in [1.54, 1.807) is 31.3 Å². The van der Waals surface area contributed by atoms with Crippen molar-refractivity contribution in [2.24, 2.45) is 0 Å². The van der Waals surface area contributed by atoms with Gasteiger partial charge in [-0.25, -0.2) is 15.0 Å². The molecule has 9 nitrogen and oxygen atoms in total. The van der Waals surface area contributed by atoms with Gasteiger partial charge in [-0.3, -0.25) is 9.48 Å². The van der Waals surface area contributed by atoms with Crippen LogP contribution < -0.4 is 5.32 Å². The Kier molecular flexibility index (Phi) is 5.96. The molecule has 4 heterocycles. The lowest BCUT2D eigenvalue weighted by molar-refractivity contribution is -0.143. The largest absolute Gasteiger partial charge is 0.408 e. The Bertz CT molecular complexity index is 1420. The number of benzene rings is 1. The highest BCUT2D eigenvalue weighted by atomic mass is 32.1. The van der Waals surface area contributed by atoms with E-state index >= 15 is 0 Å². The number of halogens is 3. The van der Waals surface area contributed by atoms with E-state index < -0.39 is 18.3 Å². The number of rotatable bonds is 6. The summed E-state index contributed by atoms with van der Waals surface area (Å²) in [4.78, 5) is 27.1. The summed E-state index contributed by atoms with van der Waals surface area (Å²) in [7, 11) is 1.66. The maximum atomic E-state index is 12.6. The fraction of sp³-hybridized carbons (Fsp3) is 0.261. The highest BCUT2D eigenvalue weighted by molar-refractivity contribution is 7.13. The van der Waals surface area contributed by atoms with Gasteiger partial charge in [-0.15, -0.1) is 11.3 Å². The molecule has 0 spiro atoms. The first-order valence-electron chi connectivity index (χ1n) is 10.9. The highest BCUT2D eigenvalue weighted by Crippen LogP contribution is 2.36. The van der Waals surface area contributed by atoms with E-state index in [1.807, 2.05) is 11.4 Å². The molecule has 0 aliphatic carbocycles. The molecule has 5 rings (SSSR count). The number of carbonyl (C=O) groups excluding carboxylic acids is 1. The van der Waals surface area contributed by atoms with E-state index in [0.29, 0.717) is 34.9 Å². The van der Waals surface area contributed by atoms with E-state index in [4.69, 9.17) is 0 Å². The molecule has 4 aromatic rings. The number of hydrogen-bond acceptors (Lipinski definition) is 8. The first-order valence-corrected chi connectivity index (χ1v) is 11.7. The molecule has 1 aromatic carbocycles. The second kappa shape index (κ2) is 8.99. The fourth-order valence-corrected chi connectivity index (χ4v) is 4.74. The van der Waals surface area contributed by atoms with Crippen molar-refractivity contribution in [3.05, 3.63) is 59.7 Å². The first kappa shape index (κ1) is 23.9. The van der Waals surface area contributed by atoms with Gasteiger partial charge >= 0.3 is 6.18 Å². The van der Waals surface area contributed by atoms with Crippen molar-refractivity contribution in [2.75, 3.05) is 18.9 Å². The van der Waals surface area contributed by atoms with Crippen molar-refractivity contribution in [2.45, 2.75) is 24.7 Å². The third kappa shape index (κ3) is 4.79. The number of alkyl halides is 3. The van der Waals surface area contributed by atoms with Crippen molar-refractivity contribution in [1.82, 2.24) is 29.6 Å². The monoisotopic (exact) mass is 515 g/mol. The van der Waals surface area contributed by atoms with Gasteiger partial charge in [0.1, 0.15) is 17.2 Å². The second-order valence-corrected chi connectivity index (χ2v) is 9.22. The van der Waals surface area contributed by atoms with Crippen LogP contribution in [-0.2, 0) is 16.9 Å². The topological polar surface area (TPSA) is 109 Å². The molecule has 1 saturated heterocycles. The van der Waals surface area contributed by atoms with Crippen molar-refractivity contribution in [3.63, 3.8) is 0 Å². The summed E-state index contributed by atoms with van der Waals surface area (Å²) in [6.07, 6.45) is -1.33. The third-order valence-corrected chi connectivity index (χ3v) is 6.63. The standard InChI is InChI=1S/C23H20F3N7O2S/c1-32-10-7-22(35,20(32)34)15-4-2-3-14(11-15)19-28-17(12-36-19)16-5-8-27-21(29-16)30-18-6-9-33(31-18)13-23(24,25)26/h2-6,8-9,11-12,35H,7,10,13H2,1H3,(H,27,29,30,31)/t22-/m1/s1. The Morgan fingerprint density at radius 1 is 1.19 bits per heavy atom. The molecule has 0 saturated carbocycles. The zero-order chi connectivity index (χ0) is 25.5. The highest BCUT2D eigenvalue weighted by Gasteiger charge is 2.45. The van der Waals surface area contributed by atoms with Gasteiger partial charge in [0.15, 0.2) is 11.4 Å². The number of amides is 1. The number of likely N-dealkylation sites (tertiary alicyclic amines) is 1. The van der Waals surface area contributed by atoms with Crippen LogP contribution in [0.2, 0.25) is 0 Å². The van der Waals surface area contributed by atoms with E-state index in [9.17, 15) is 23.1 Å². The molecule has 3 aromatic heterocycles. The third-order valence-electron chi connectivity index (χ3n) is 5.74. The number of likely N-dealkylation sites (N-methyl/N-ethyl adjacent to an activating group) is 1. The number of aromatic nitrogens is 5. The number of hydrogen-bond donors (Lipinski definition) is 2. The van der Waals surface area contributed by atoms with Crippen LogP contribution in [0.15, 0.2) is 54.2 Å². The summed E-state index contributed by atoms with van der Waals surface area (Å²) in [5.74, 6) is 0.00773. The summed E-state index contributed by atoms with van der Waals surface area (Å²) >= 11 is 1.38. The number of aliphatic hydroxyl groups is 1. The molecule has 1 aliphatic rings.